The highest BCUT2D eigenvalue weighted by Crippen LogP contribution is 2.28. The van der Waals surface area contributed by atoms with E-state index in [-0.39, 0.29) is 17.9 Å². The van der Waals surface area contributed by atoms with Crippen molar-refractivity contribution in [3.63, 3.8) is 0 Å². The van der Waals surface area contributed by atoms with E-state index < -0.39 is 0 Å². The van der Waals surface area contributed by atoms with Crippen molar-refractivity contribution in [2.45, 2.75) is 32.6 Å². The van der Waals surface area contributed by atoms with Crippen LogP contribution >= 0.6 is 0 Å². The lowest BCUT2D eigenvalue weighted by molar-refractivity contribution is -0.118. The molecular weight excluding hydrogens is 302 g/mol. The highest BCUT2D eigenvalue weighted by Gasteiger charge is 2.17. The number of benzene rings is 2. The van der Waals surface area contributed by atoms with Crippen LogP contribution in [0.4, 0.5) is 5.69 Å². The van der Waals surface area contributed by atoms with Crippen molar-refractivity contribution >= 4 is 11.6 Å². The zero-order chi connectivity index (χ0) is 17.6. The van der Waals surface area contributed by atoms with E-state index >= 15 is 0 Å². The van der Waals surface area contributed by atoms with Crippen LogP contribution in [0, 0.1) is 0 Å². The van der Waals surface area contributed by atoms with Crippen molar-refractivity contribution in [2.24, 2.45) is 0 Å². The molecule has 0 saturated carbocycles. The second-order valence-corrected chi connectivity index (χ2v) is 6.33. The van der Waals surface area contributed by atoms with Crippen LogP contribution in [0.15, 0.2) is 48.5 Å². The molecule has 0 atom stereocenters. The molecule has 1 amide bonds. The Morgan fingerprint density at radius 1 is 1.08 bits per heavy atom. The van der Waals surface area contributed by atoms with Gasteiger partial charge in [0, 0.05) is 11.8 Å². The van der Waals surface area contributed by atoms with E-state index in [1.807, 2.05) is 30.3 Å². The van der Waals surface area contributed by atoms with Crippen molar-refractivity contribution in [3.8, 4) is 11.5 Å². The molecule has 2 aromatic rings. The first-order valence-corrected chi connectivity index (χ1v) is 8.12. The largest absolute Gasteiger partial charge is 0.497 e. The second kappa shape index (κ2) is 7.86. The van der Waals surface area contributed by atoms with Crippen molar-refractivity contribution in [3.05, 3.63) is 54.1 Å². The lowest BCUT2D eigenvalue weighted by Crippen LogP contribution is -2.20. The Morgan fingerprint density at radius 2 is 1.79 bits per heavy atom. The van der Waals surface area contributed by atoms with E-state index in [9.17, 15) is 4.79 Å². The number of carbonyl (C=O) groups excluding carboxylic acids is 1. The number of rotatable bonds is 7. The molecule has 0 radical (unpaired) electrons. The number of anilines is 1. The zero-order valence-corrected chi connectivity index (χ0v) is 14.8. The van der Waals surface area contributed by atoms with Crippen molar-refractivity contribution in [2.75, 3.05) is 19.0 Å². The molecule has 0 aliphatic carbocycles. The second-order valence-electron chi connectivity index (χ2n) is 6.33. The Balaban J connectivity index is 1.89. The lowest BCUT2D eigenvalue weighted by atomic mass is 9.82. The van der Waals surface area contributed by atoms with Gasteiger partial charge in [-0.2, -0.15) is 0 Å². The van der Waals surface area contributed by atoms with E-state index in [2.05, 4.69) is 38.2 Å². The van der Waals surface area contributed by atoms with Gasteiger partial charge in [0.05, 0.1) is 7.11 Å². The van der Waals surface area contributed by atoms with E-state index in [1.165, 1.54) is 5.56 Å². The van der Waals surface area contributed by atoms with Crippen LogP contribution in [0.5, 0.6) is 11.5 Å². The summed E-state index contributed by atoms with van der Waals surface area (Å²) in [7, 11) is 1.59. The highest BCUT2D eigenvalue weighted by atomic mass is 16.5. The predicted molar refractivity (Wildman–Crippen MR) is 96.9 cm³/mol. The molecule has 0 aromatic heterocycles. The fourth-order valence-corrected chi connectivity index (χ4v) is 2.25. The van der Waals surface area contributed by atoms with Crippen molar-refractivity contribution in [1.29, 1.82) is 0 Å². The normalized spacial score (nSPS) is 11.0. The Labute approximate surface area is 143 Å². The Hall–Kier alpha value is -2.49. The monoisotopic (exact) mass is 327 g/mol. The maximum Gasteiger partial charge on any atom is 0.262 e. The Morgan fingerprint density at radius 3 is 2.42 bits per heavy atom. The molecule has 0 bridgehead atoms. The van der Waals surface area contributed by atoms with Crippen LogP contribution in [-0.2, 0) is 10.2 Å². The van der Waals surface area contributed by atoms with Crippen LogP contribution < -0.4 is 14.8 Å². The molecule has 0 unspecified atom stereocenters. The van der Waals surface area contributed by atoms with Gasteiger partial charge in [-0.05, 0) is 41.7 Å². The summed E-state index contributed by atoms with van der Waals surface area (Å²) in [4.78, 5) is 12.0. The fourth-order valence-electron chi connectivity index (χ4n) is 2.25. The first-order chi connectivity index (χ1) is 11.4. The molecule has 2 rings (SSSR count). The summed E-state index contributed by atoms with van der Waals surface area (Å²) < 4.78 is 10.7. The summed E-state index contributed by atoms with van der Waals surface area (Å²) >= 11 is 0. The number of methoxy groups -OCH3 is 1. The van der Waals surface area contributed by atoms with Gasteiger partial charge in [-0.15, -0.1) is 0 Å². The number of amides is 1. The first-order valence-electron chi connectivity index (χ1n) is 8.12. The zero-order valence-electron chi connectivity index (χ0n) is 14.8. The van der Waals surface area contributed by atoms with Crippen molar-refractivity contribution < 1.29 is 14.3 Å². The average molecular weight is 327 g/mol. The minimum atomic E-state index is -0.207. The van der Waals surface area contributed by atoms with E-state index in [4.69, 9.17) is 9.47 Å². The quantitative estimate of drug-likeness (QED) is 0.820. The molecule has 128 valence electrons. The van der Waals surface area contributed by atoms with Gasteiger partial charge in [0.1, 0.15) is 11.5 Å². The Bertz CT molecular complexity index is 678. The molecule has 4 nitrogen and oxygen atoms in total. The van der Waals surface area contributed by atoms with E-state index in [0.717, 1.165) is 6.42 Å². The summed E-state index contributed by atoms with van der Waals surface area (Å²) in [5, 5.41) is 2.79. The smallest absolute Gasteiger partial charge is 0.262 e. The van der Waals surface area contributed by atoms with E-state index in [1.54, 1.807) is 13.2 Å². The Kier molecular flexibility index (Phi) is 5.85. The van der Waals surface area contributed by atoms with Gasteiger partial charge in [0.15, 0.2) is 6.61 Å². The summed E-state index contributed by atoms with van der Waals surface area (Å²) in [6.07, 6.45) is 1.07. The topological polar surface area (TPSA) is 47.6 Å². The molecule has 0 spiro atoms. The van der Waals surface area contributed by atoms with E-state index in [0.29, 0.717) is 17.2 Å². The van der Waals surface area contributed by atoms with Crippen LogP contribution in [0.2, 0.25) is 0 Å². The molecule has 2 aromatic carbocycles. The molecule has 0 saturated heterocycles. The third-order valence-electron chi connectivity index (χ3n) is 4.24. The van der Waals surface area contributed by atoms with Gasteiger partial charge in [-0.25, -0.2) is 0 Å². The fraction of sp³-hybridized carbons (Fsp3) is 0.350. The number of nitrogens with one attached hydrogen (secondary N) is 1. The predicted octanol–water partition coefficient (Wildman–Crippen LogP) is 4.40. The van der Waals surface area contributed by atoms with Gasteiger partial charge in [-0.3, -0.25) is 4.79 Å². The van der Waals surface area contributed by atoms with Gasteiger partial charge in [0.25, 0.3) is 5.91 Å². The maximum atomic E-state index is 12.0. The van der Waals surface area contributed by atoms with Crippen LogP contribution in [-0.4, -0.2) is 19.6 Å². The van der Waals surface area contributed by atoms with Crippen LogP contribution in [0.3, 0.4) is 0 Å². The summed E-state index contributed by atoms with van der Waals surface area (Å²) in [6, 6.07) is 15.1. The highest BCUT2D eigenvalue weighted by molar-refractivity contribution is 5.92. The number of ether oxygens (including phenoxy) is 2. The molecular formula is C20H25NO3. The summed E-state index contributed by atoms with van der Waals surface area (Å²) in [6.45, 7) is 6.57. The standard InChI is InChI=1S/C20H25NO3/c1-5-20(2,3)15-9-11-17(12-10-15)24-14-19(22)21-16-7-6-8-18(13-16)23-4/h6-13H,5,14H2,1-4H3,(H,21,22). The SMILES string of the molecule is CCC(C)(C)c1ccc(OCC(=O)Nc2cccc(OC)c2)cc1. The lowest BCUT2D eigenvalue weighted by Gasteiger charge is -2.23. The summed E-state index contributed by atoms with van der Waals surface area (Å²) in [5.74, 6) is 1.18. The number of hydrogen-bond donors (Lipinski definition) is 1. The van der Waals surface area contributed by atoms with Gasteiger partial charge in [0.2, 0.25) is 0 Å². The minimum Gasteiger partial charge on any atom is -0.497 e. The molecule has 0 heterocycles. The van der Waals surface area contributed by atoms with Crippen LogP contribution in [0.25, 0.3) is 0 Å². The minimum absolute atomic E-state index is 0.0340. The molecule has 4 heteroatoms. The molecule has 0 aliphatic rings. The summed E-state index contributed by atoms with van der Waals surface area (Å²) in [5.41, 5.74) is 2.09. The number of hydrogen-bond acceptors (Lipinski definition) is 3. The van der Waals surface area contributed by atoms with Gasteiger partial charge < -0.3 is 14.8 Å². The number of carbonyl (C=O) groups is 1. The van der Waals surface area contributed by atoms with Gasteiger partial charge >= 0.3 is 0 Å². The first kappa shape index (κ1) is 17.9. The van der Waals surface area contributed by atoms with Crippen LogP contribution in [0.1, 0.15) is 32.8 Å². The molecule has 1 N–H and O–H groups in total. The van der Waals surface area contributed by atoms with Crippen molar-refractivity contribution in [1.82, 2.24) is 0 Å². The molecule has 0 fully saturated rings. The average Bonchev–Trinajstić information content (AvgIpc) is 2.60. The molecule has 0 aliphatic heterocycles. The maximum absolute atomic E-state index is 12.0. The van der Waals surface area contributed by atoms with Gasteiger partial charge in [-0.1, -0.05) is 39.0 Å². The third-order valence-corrected chi connectivity index (χ3v) is 4.24. The third kappa shape index (κ3) is 4.75. The molecule has 24 heavy (non-hydrogen) atoms.